The first kappa shape index (κ1) is 30.3. The SMILES string of the molecule is C=Cc1nn(CC(=O)[C@H]2CCC3[C@]2(C)CC[C@@H]2[C@@]4(COC)CCC(C)(C)C[C@@H]4CC[C@@]32C)nc1/C(OC)=C(\C)OC. The van der Waals surface area contributed by atoms with Gasteiger partial charge in [-0.15, -0.1) is 5.10 Å². The van der Waals surface area contributed by atoms with Gasteiger partial charge < -0.3 is 14.2 Å². The Kier molecular flexibility index (Phi) is 8.02. The summed E-state index contributed by atoms with van der Waals surface area (Å²) in [5, 5.41) is 9.26. The minimum Gasteiger partial charge on any atom is -0.497 e. The van der Waals surface area contributed by atoms with Gasteiger partial charge in [-0.05, 0) is 110 Å². The van der Waals surface area contributed by atoms with Crippen LogP contribution in [0.3, 0.4) is 0 Å². The Balaban J connectivity index is 1.39. The zero-order valence-corrected chi connectivity index (χ0v) is 26.8. The summed E-state index contributed by atoms with van der Waals surface area (Å²) >= 11 is 0. The van der Waals surface area contributed by atoms with Crippen LogP contribution >= 0.6 is 0 Å². The maximum atomic E-state index is 14.0. The smallest absolute Gasteiger partial charge is 0.186 e. The van der Waals surface area contributed by atoms with Crippen molar-refractivity contribution < 1.29 is 19.0 Å². The molecule has 0 N–H and O–H groups in total. The minimum absolute atomic E-state index is 0.0127. The third kappa shape index (κ3) is 4.78. The van der Waals surface area contributed by atoms with Crippen LogP contribution in [-0.4, -0.2) is 48.7 Å². The fourth-order valence-electron chi connectivity index (χ4n) is 10.6. The first-order chi connectivity index (χ1) is 19.4. The molecule has 4 aliphatic rings. The number of rotatable bonds is 9. The normalized spacial score (nSPS) is 38.2. The van der Waals surface area contributed by atoms with Gasteiger partial charge in [-0.25, -0.2) is 0 Å². The topological polar surface area (TPSA) is 75.5 Å². The van der Waals surface area contributed by atoms with Gasteiger partial charge >= 0.3 is 0 Å². The fourth-order valence-corrected chi connectivity index (χ4v) is 10.6. The van der Waals surface area contributed by atoms with E-state index >= 15 is 0 Å². The van der Waals surface area contributed by atoms with Crippen LogP contribution in [0.5, 0.6) is 0 Å². The highest BCUT2D eigenvalue weighted by Gasteiger charge is 2.67. The number of carbonyl (C=O) groups excluding carboxylic acids is 1. The van der Waals surface area contributed by atoms with Gasteiger partial charge in [0.2, 0.25) is 0 Å². The summed E-state index contributed by atoms with van der Waals surface area (Å²) in [4.78, 5) is 15.6. The molecule has 7 atom stereocenters. The lowest BCUT2D eigenvalue weighted by Gasteiger charge is -2.67. The number of allylic oxidation sites excluding steroid dienone is 1. The van der Waals surface area contributed by atoms with E-state index in [2.05, 4.69) is 44.5 Å². The third-order valence-corrected chi connectivity index (χ3v) is 12.5. The number of hydrogen-bond donors (Lipinski definition) is 0. The van der Waals surface area contributed by atoms with Gasteiger partial charge in [0.1, 0.15) is 18.0 Å². The zero-order valence-electron chi connectivity index (χ0n) is 26.8. The summed E-state index contributed by atoms with van der Waals surface area (Å²) < 4.78 is 17.0. The summed E-state index contributed by atoms with van der Waals surface area (Å²) in [6.07, 6.45) is 12.5. The number of nitrogens with zero attached hydrogens (tertiary/aromatic N) is 3. The molecule has 0 aromatic carbocycles. The number of ketones is 1. The second-order valence-electron chi connectivity index (χ2n) is 15.0. The molecule has 4 aliphatic carbocycles. The van der Waals surface area contributed by atoms with E-state index in [1.54, 1.807) is 20.3 Å². The average Bonchev–Trinajstić information content (AvgIpc) is 3.50. The molecule has 0 amide bonds. The second-order valence-corrected chi connectivity index (χ2v) is 15.0. The van der Waals surface area contributed by atoms with Crippen molar-refractivity contribution in [3.8, 4) is 0 Å². The molecule has 4 fully saturated rings. The van der Waals surface area contributed by atoms with Crippen LogP contribution in [0.15, 0.2) is 12.3 Å². The van der Waals surface area contributed by atoms with Crippen molar-refractivity contribution in [2.24, 2.45) is 45.3 Å². The highest BCUT2D eigenvalue weighted by atomic mass is 16.5. The second kappa shape index (κ2) is 10.8. The standard InChI is InChI=1S/C34H53N3O4/c1-10-25-29(30(41-9)22(2)40-8)36-37(35-25)20-26(38)24-11-12-27-32(24,5)16-14-28-33(27,6)15-13-23-19-31(3,4)17-18-34(23,28)21-39-7/h10,23-24,27-28H,1,11-21H2,2-9H3/b30-22-/t23-,24+,27?,28-,32+,33-,34+/m0/s1. The van der Waals surface area contributed by atoms with Gasteiger partial charge in [-0.1, -0.05) is 34.3 Å². The molecule has 1 unspecified atom stereocenters. The molecule has 0 bridgehead atoms. The van der Waals surface area contributed by atoms with E-state index < -0.39 is 0 Å². The molecule has 41 heavy (non-hydrogen) atoms. The Morgan fingerprint density at radius 3 is 2.34 bits per heavy atom. The van der Waals surface area contributed by atoms with Gasteiger partial charge in [0.25, 0.3) is 0 Å². The molecule has 1 heterocycles. The first-order valence-electron chi connectivity index (χ1n) is 15.8. The van der Waals surface area contributed by atoms with E-state index in [1.807, 2.05) is 14.0 Å². The molecule has 7 nitrogen and oxygen atoms in total. The molecule has 0 radical (unpaired) electrons. The van der Waals surface area contributed by atoms with E-state index in [1.165, 1.54) is 43.3 Å². The largest absolute Gasteiger partial charge is 0.497 e. The third-order valence-electron chi connectivity index (χ3n) is 12.5. The fraction of sp³-hybridized carbons (Fsp3) is 0.794. The van der Waals surface area contributed by atoms with Gasteiger partial charge in [0.15, 0.2) is 17.2 Å². The predicted molar refractivity (Wildman–Crippen MR) is 162 cm³/mol. The predicted octanol–water partition coefficient (Wildman–Crippen LogP) is 7.17. The summed E-state index contributed by atoms with van der Waals surface area (Å²) in [7, 11) is 5.09. The number of carbonyl (C=O) groups is 1. The minimum atomic E-state index is 0.0127. The van der Waals surface area contributed by atoms with Crippen molar-refractivity contribution in [3.63, 3.8) is 0 Å². The van der Waals surface area contributed by atoms with Gasteiger partial charge in [-0.2, -0.15) is 9.90 Å². The molecule has 228 valence electrons. The first-order valence-corrected chi connectivity index (χ1v) is 15.8. The molecule has 1 aromatic rings. The van der Waals surface area contributed by atoms with Crippen LogP contribution in [0.1, 0.15) is 104 Å². The van der Waals surface area contributed by atoms with Crippen LogP contribution in [0.25, 0.3) is 11.8 Å². The van der Waals surface area contributed by atoms with Crippen molar-refractivity contribution in [3.05, 3.63) is 23.7 Å². The average molecular weight is 568 g/mol. The highest BCUT2D eigenvalue weighted by Crippen LogP contribution is 2.73. The lowest BCUT2D eigenvalue weighted by molar-refractivity contribution is -0.199. The molecule has 4 saturated carbocycles. The van der Waals surface area contributed by atoms with Crippen LogP contribution < -0.4 is 0 Å². The molecule has 0 saturated heterocycles. The van der Waals surface area contributed by atoms with Gasteiger partial charge in [-0.3, -0.25) is 4.79 Å². The summed E-state index contributed by atoms with van der Waals surface area (Å²) in [5.74, 6) is 3.38. The molecular formula is C34H53N3O4. The lowest BCUT2D eigenvalue weighted by Crippen LogP contribution is -2.61. The van der Waals surface area contributed by atoms with E-state index in [0.717, 1.165) is 31.8 Å². The zero-order chi connectivity index (χ0) is 29.8. The van der Waals surface area contributed by atoms with Crippen molar-refractivity contribution in [2.75, 3.05) is 27.9 Å². The van der Waals surface area contributed by atoms with E-state index in [4.69, 9.17) is 14.2 Å². The number of fused-ring (bicyclic) bond motifs is 5. The van der Waals surface area contributed by atoms with Crippen molar-refractivity contribution in [1.82, 2.24) is 15.0 Å². The van der Waals surface area contributed by atoms with E-state index in [-0.39, 0.29) is 34.5 Å². The number of ether oxygens (including phenoxy) is 3. The Morgan fingerprint density at radius 2 is 1.68 bits per heavy atom. The monoisotopic (exact) mass is 567 g/mol. The Morgan fingerprint density at radius 1 is 0.951 bits per heavy atom. The van der Waals surface area contributed by atoms with Gasteiger partial charge in [0, 0.05) is 13.0 Å². The van der Waals surface area contributed by atoms with E-state index in [0.29, 0.717) is 40.2 Å². The van der Waals surface area contributed by atoms with Crippen molar-refractivity contribution >= 4 is 17.6 Å². The Labute approximate surface area is 247 Å². The quantitative estimate of drug-likeness (QED) is 0.294. The van der Waals surface area contributed by atoms with Crippen LogP contribution in [-0.2, 0) is 25.5 Å². The number of Topliss-reactive ketones (excluding diaryl/α,β-unsaturated/α-hetero) is 1. The molecule has 7 heteroatoms. The number of hydrogen-bond acceptors (Lipinski definition) is 6. The summed E-state index contributed by atoms with van der Waals surface area (Å²) in [5.41, 5.74) is 2.11. The van der Waals surface area contributed by atoms with Crippen LogP contribution in [0.4, 0.5) is 0 Å². The molecule has 0 spiro atoms. The summed E-state index contributed by atoms with van der Waals surface area (Å²) in [6.45, 7) is 16.7. The molecule has 0 aliphatic heterocycles. The number of aromatic nitrogens is 3. The molecule has 5 rings (SSSR count). The summed E-state index contributed by atoms with van der Waals surface area (Å²) in [6, 6.07) is 0. The van der Waals surface area contributed by atoms with Crippen LogP contribution in [0, 0.1) is 45.3 Å². The maximum Gasteiger partial charge on any atom is 0.186 e. The molecule has 1 aromatic heterocycles. The van der Waals surface area contributed by atoms with Crippen LogP contribution in [0.2, 0.25) is 0 Å². The maximum absolute atomic E-state index is 14.0. The Bertz CT molecular complexity index is 1200. The number of methoxy groups -OCH3 is 3. The highest BCUT2D eigenvalue weighted by molar-refractivity contribution is 5.82. The molecular weight excluding hydrogens is 514 g/mol. The van der Waals surface area contributed by atoms with Crippen molar-refractivity contribution in [2.45, 2.75) is 99.0 Å². The lowest BCUT2D eigenvalue weighted by atomic mass is 9.38. The Hall–Kier alpha value is -2.15. The van der Waals surface area contributed by atoms with E-state index in [9.17, 15) is 4.79 Å². The van der Waals surface area contributed by atoms with Crippen molar-refractivity contribution in [1.29, 1.82) is 0 Å². The van der Waals surface area contributed by atoms with Gasteiger partial charge in [0.05, 0.1) is 20.8 Å².